The molecule has 0 amide bonds. The molecule has 0 aliphatic carbocycles. The van der Waals surface area contributed by atoms with Crippen LogP contribution in [-0.2, 0) is 9.53 Å². The Morgan fingerprint density at radius 2 is 1.82 bits per heavy atom. The summed E-state index contributed by atoms with van der Waals surface area (Å²) in [5, 5.41) is 39.7. The smallest absolute Gasteiger partial charge is 0.311 e. The Labute approximate surface area is 190 Å². The third kappa shape index (κ3) is 5.11. The second-order valence-corrected chi connectivity index (χ2v) is 7.08. The zero-order valence-electron chi connectivity index (χ0n) is 17.8. The number of carbonyl (C=O) groups is 2. The number of ether oxygens (including phenoxy) is 1. The first kappa shape index (κ1) is 24.2. The summed E-state index contributed by atoms with van der Waals surface area (Å²) < 4.78 is 18.8. The van der Waals surface area contributed by atoms with Crippen molar-refractivity contribution >= 4 is 40.2 Å². The van der Waals surface area contributed by atoms with Crippen LogP contribution in [0.2, 0.25) is 0 Å². The minimum atomic E-state index is -1.35. The number of hydrogen-bond donors (Lipinski definition) is 1. The Morgan fingerprint density at radius 1 is 1.15 bits per heavy atom. The number of nitrogens with zero attached hydrogens (tertiary/aromatic N) is 5. The van der Waals surface area contributed by atoms with Crippen LogP contribution in [0.1, 0.15) is 30.1 Å². The number of nitro groups is 2. The maximum atomic E-state index is 13.9. The first-order valence-electron chi connectivity index (χ1n) is 9.97. The molecule has 0 aromatic heterocycles. The molecule has 1 heterocycles. The van der Waals surface area contributed by atoms with Crippen LogP contribution >= 0.6 is 0 Å². The van der Waals surface area contributed by atoms with Crippen LogP contribution in [0.25, 0.3) is 0 Å². The number of phenols is 1. The van der Waals surface area contributed by atoms with Crippen molar-refractivity contribution in [3.63, 3.8) is 0 Å². The summed E-state index contributed by atoms with van der Waals surface area (Å²) in [5.74, 6) is -2.45. The number of aromatic hydroxyl groups is 1. The van der Waals surface area contributed by atoms with E-state index in [2.05, 4.69) is 10.2 Å². The van der Waals surface area contributed by atoms with Gasteiger partial charge in [0, 0.05) is 37.2 Å². The molecule has 1 N–H and O–H groups in total. The number of nitro benzene ring substituents is 2. The van der Waals surface area contributed by atoms with Gasteiger partial charge in [-0.1, -0.05) is 0 Å². The standard InChI is InChI=1S/C20H18FN5O8/c1-2-34-20(29)4-6-24-5-3-18(27)11-7-14(19(28)10-15(11)24)23-22-13-8-12(21)16(25(30)31)9-17(13)26(32)33/h7-10,28H,2-6H2,1H3/b23-22+. The van der Waals surface area contributed by atoms with Crippen LogP contribution in [0.3, 0.4) is 0 Å². The molecular weight excluding hydrogens is 457 g/mol. The fourth-order valence-corrected chi connectivity index (χ4v) is 3.33. The van der Waals surface area contributed by atoms with E-state index in [-0.39, 0.29) is 43.0 Å². The molecule has 13 nitrogen and oxygen atoms in total. The number of anilines is 1. The molecule has 0 atom stereocenters. The average Bonchev–Trinajstić information content (AvgIpc) is 2.77. The van der Waals surface area contributed by atoms with Gasteiger partial charge >= 0.3 is 17.3 Å². The molecule has 1 aliphatic heterocycles. The first-order chi connectivity index (χ1) is 16.1. The van der Waals surface area contributed by atoms with Gasteiger partial charge in [-0.3, -0.25) is 29.8 Å². The number of halogens is 1. The van der Waals surface area contributed by atoms with E-state index in [0.29, 0.717) is 24.4 Å². The van der Waals surface area contributed by atoms with Crippen molar-refractivity contribution in [3.8, 4) is 5.75 Å². The predicted octanol–water partition coefficient (Wildman–Crippen LogP) is 4.11. The maximum Gasteiger partial charge on any atom is 0.311 e. The van der Waals surface area contributed by atoms with E-state index in [1.807, 2.05) is 0 Å². The van der Waals surface area contributed by atoms with Gasteiger partial charge in [0.2, 0.25) is 5.82 Å². The molecule has 0 radical (unpaired) electrons. The van der Waals surface area contributed by atoms with Gasteiger partial charge in [-0.2, -0.15) is 4.39 Å². The van der Waals surface area contributed by atoms with Crippen LogP contribution in [0, 0.1) is 26.0 Å². The van der Waals surface area contributed by atoms with Gasteiger partial charge in [0.05, 0.1) is 34.6 Å². The van der Waals surface area contributed by atoms with E-state index >= 15 is 0 Å². The zero-order chi connectivity index (χ0) is 25.0. The van der Waals surface area contributed by atoms with Crippen molar-refractivity contribution in [1.82, 2.24) is 0 Å². The van der Waals surface area contributed by atoms with Gasteiger partial charge in [-0.25, -0.2) is 0 Å². The van der Waals surface area contributed by atoms with E-state index in [9.17, 15) is 39.3 Å². The minimum absolute atomic E-state index is 0.0685. The normalized spacial score (nSPS) is 13.1. The van der Waals surface area contributed by atoms with Crippen LogP contribution in [0.4, 0.5) is 32.8 Å². The third-order valence-electron chi connectivity index (χ3n) is 4.94. The molecule has 0 saturated carbocycles. The molecule has 0 spiro atoms. The van der Waals surface area contributed by atoms with E-state index in [0.717, 1.165) is 0 Å². The van der Waals surface area contributed by atoms with Gasteiger partial charge in [0.1, 0.15) is 11.4 Å². The van der Waals surface area contributed by atoms with E-state index in [4.69, 9.17) is 4.74 Å². The number of fused-ring (bicyclic) bond motifs is 1. The summed E-state index contributed by atoms with van der Waals surface area (Å²) in [6.07, 6.45) is 0.204. The summed E-state index contributed by atoms with van der Waals surface area (Å²) in [7, 11) is 0. The average molecular weight is 475 g/mol. The molecule has 34 heavy (non-hydrogen) atoms. The maximum absolute atomic E-state index is 13.9. The minimum Gasteiger partial charge on any atom is -0.506 e. The number of hydrogen-bond acceptors (Lipinski definition) is 11. The molecule has 0 bridgehead atoms. The Morgan fingerprint density at radius 3 is 2.47 bits per heavy atom. The molecule has 0 saturated heterocycles. The summed E-state index contributed by atoms with van der Waals surface area (Å²) in [4.78, 5) is 45.8. The SMILES string of the molecule is CCOC(=O)CCN1CCC(=O)c2cc(/N=N/c3cc(F)c([N+](=O)[O-])cc3[N+](=O)[O-])c(O)cc21. The fourth-order valence-electron chi connectivity index (χ4n) is 3.33. The van der Waals surface area contributed by atoms with Gasteiger partial charge in [0.15, 0.2) is 11.5 Å². The van der Waals surface area contributed by atoms with Crippen LogP contribution in [0.15, 0.2) is 34.5 Å². The van der Waals surface area contributed by atoms with Crippen molar-refractivity contribution in [1.29, 1.82) is 0 Å². The lowest BCUT2D eigenvalue weighted by atomic mass is 9.99. The van der Waals surface area contributed by atoms with E-state index in [1.165, 1.54) is 12.1 Å². The van der Waals surface area contributed by atoms with Gasteiger partial charge in [-0.05, 0) is 13.0 Å². The Hall–Kier alpha value is -4.49. The predicted molar refractivity (Wildman–Crippen MR) is 114 cm³/mol. The molecule has 0 unspecified atom stereocenters. The van der Waals surface area contributed by atoms with Crippen LogP contribution in [-0.4, -0.2) is 46.4 Å². The number of benzene rings is 2. The lowest BCUT2D eigenvalue weighted by molar-refractivity contribution is -0.395. The second-order valence-electron chi connectivity index (χ2n) is 7.08. The molecular formula is C20H18FN5O8. The monoisotopic (exact) mass is 475 g/mol. The Bertz CT molecular complexity index is 1220. The highest BCUT2D eigenvalue weighted by Crippen LogP contribution is 2.40. The molecule has 2 aromatic carbocycles. The molecule has 2 aromatic rings. The molecule has 0 fully saturated rings. The number of ketones is 1. The van der Waals surface area contributed by atoms with Crippen molar-refractivity contribution in [2.45, 2.75) is 19.8 Å². The molecule has 1 aliphatic rings. The largest absolute Gasteiger partial charge is 0.506 e. The second kappa shape index (κ2) is 9.97. The summed E-state index contributed by atoms with van der Waals surface area (Å²) in [6, 6.07) is 3.37. The highest BCUT2D eigenvalue weighted by atomic mass is 19.1. The fraction of sp³-hybridized carbons (Fsp3) is 0.300. The quantitative estimate of drug-likeness (QED) is 0.254. The molecule has 178 valence electrons. The first-order valence-corrected chi connectivity index (χ1v) is 9.97. The Balaban J connectivity index is 1.94. The lowest BCUT2D eigenvalue weighted by Gasteiger charge is -2.30. The lowest BCUT2D eigenvalue weighted by Crippen LogP contribution is -2.34. The number of carbonyl (C=O) groups excluding carboxylic acids is 2. The van der Waals surface area contributed by atoms with Gasteiger partial charge < -0.3 is 14.7 Å². The van der Waals surface area contributed by atoms with Crippen LogP contribution < -0.4 is 4.90 Å². The topological polar surface area (TPSA) is 178 Å². The molecule has 3 rings (SSSR count). The van der Waals surface area contributed by atoms with Gasteiger partial charge in [-0.15, -0.1) is 10.2 Å². The Kier molecular flexibility index (Phi) is 7.09. The number of rotatable bonds is 8. The summed E-state index contributed by atoms with van der Waals surface area (Å²) in [6.45, 7) is 2.48. The van der Waals surface area contributed by atoms with Crippen molar-refractivity contribution < 1.29 is 33.7 Å². The number of phenolic OH excluding ortho intramolecular Hbond substituents is 1. The third-order valence-corrected chi connectivity index (χ3v) is 4.94. The number of esters is 1. The zero-order valence-corrected chi connectivity index (χ0v) is 17.8. The van der Waals surface area contributed by atoms with Crippen molar-refractivity contribution in [2.75, 3.05) is 24.6 Å². The van der Waals surface area contributed by atoms with Gasteiger partial charge in [0.25, 0.3) is 0 Å². The van der Waals surface area contributed by atoms with E-state index in [1.54, 1.807) is 11.8 Å². The van der Waals surface area contributed by atoms with Crippen molar-refractivity contribution in [2.24, 2.45) is 10.2 Å². The summed E-state index contributed by atoms with van der Waals surface area (Å²) >= 11 is 0. The number of azo groups is 1. The summed E-state index contributed by atoms with van der Waals surface area (Å²) in [5.41, 5.74) is -2.26. The molecule has 14 heteroatoms. The van der Waals surface area contributed by atoms with E-state index < -0.39 is 44.4 Å². The number of Topliss-reactive ketones (excluding diaryl/α,β-unsaturated/α-hetero) is 1. The van der Waals surface area contributed by atoms with Crippen molar-refractivity contribution in [3.05, 3.63) is 55.9 Å². The van der Waals surface area contributed by atoms with Crippen LogP contribution in [0.5, 0.6) is 5.75 Å². The highest BCUT2D eigenvalue weighted by molar-refractivity contribution is 6.04. The highest BCUT2D eigenvalue weighted by Gasteiger charge is 2.27.